The van der Waals surface area contributed by atoms with E-state index < -0.39 is 21.6 Å². The monoisotopic (exact) mass is 221 g/mol. The topological polar surface area (TPSA) is 55.4 Å². The van der Waals surface area contributed by atoms with Gasteiger partial charge in [0.2, 0.25) is 0 Å². The number of nitrogens with one attached hydrogen (secondary N) is 1. The number of rotatable bonds is 4. The number of sulfonamides is 1. The Kier molecular flexibility index (Phi) is 4.14. The van der Waals surface area contributed by atoms with Crippen LogP contribution in [0.25, 0.3) is 0 Å². The van der Waals surface area contributed by atoms with Gasteiger partial charge in [-0.05, 0) is 6.92 Å². The van der Waals surface area contributed by atoms with Crippen LogP contribution in [0.4, 0.5) is 13.2 Å². The average Bonchev–Trinajstić information content (AvgIpc) is 1.83. The second kappa shape index (κ2) is 4.25. The van der Waals surface area contributed by atoms with Crippen molar-refractivity contribution in [3.8, 4) is 0 Å². The highest BCUT2D eigenvalue weighted by Crippen LogP contribution is 2.21. The van der Waals surface area contributed by atoms with Gasteiger partial charge in [0.15, 0.2) is 0 Å². The van der Waals surface area contributed by atoms with E-state index in [1.54, 1.807) is 0 Å². The summed E-state index contributed by atoms with van der Waals surface area (Å²) < 4.78 is 62.0. The molecule has 0 aromatic rings. The first kappa shape index (κ1) is 12.7. The first-order valence-electron chi connectivity index (χ1n) is 3.28. The van der Waals surface area contributed by atoms with Gasteiger partial charge in [0, 0.05) is 13.2 Å². The smallest absolute Gasteiger partial charge is 0.383 e. The van der Waals surface area contributed by atoms with E-state index in [1.807, 2.05) is 0 Å². The van der Waals surface area contributed by atoms with E-state index in [1.165, 1.54) is 18.8 Å². The molecule has 0 aromatic heterocycles. The van der Waals surface area contributed by atoms with Gasteiger partial charge in [0.25, 0.3) is 0 Å². The number of alkyl halides is 3. The summed E-state index contributed by atoms with van der Waals surface area (Å²) in [6.45, 7) is 1.15. The molecule has 0 aliphatic heterocycles. The lowest BCUT2D eigenvalue weighted by Crippen LogP contribution is -2.43. The predicted molar refractivity (Wildman–Crippen MR) is 39.4 cm³/mol. The van der Waals surface area contributed by atoms with Crippen LogP contribution in [0, 0.1) is 0 Å². The van der Waals surface area contributed by atoms with Gasteiger partial charge in [-0.1, -0.05) is 0 Å². The average molecular weight is 221 g/mol. The molecule has 0 rings (SSSR count). The van der Waals surface area contributed by atoms with E-state index in [-0.39, 0.29) is 6.61 Å². The van der Waals surface area contributed by atoms with Crippen LogP contribution < -0.4 is 4.72 Å². The van der Waals surface area contributed by atoms with E-state index in [0.717, 1.165) is 0 Å². The third-order valence-electron chi connectivity index (χ3n) is 1.08. The fourth-order valence-corrected chi connectivity index (χ4v) is 1.35. The third-order valence-corrected chi connectivity index (χ3v) is 2.40. The van der Waals surface area contributed by atoms with Crippen molar-refractivity contribution >= 4 is 10.0 Å². The first-order valence-corrected chi connectivity index (χ1v) is 4.76. The summed E-state index contributed by atoms with van der Waals surface area (Å²) in [5.74, 6) is 0. The van der Waals surface area contributed by atoms with Crippen LogP contribution in [0.3, 0.4) is 0 Å². The molecule has 80 valence electrons. The summed E-state index contributed by atoms with van der Waals surface area (Å²) >= 11 is 0. The number of ether oxygens (including phenoxy) is 1. The van der Waals surface area contributed by atoms with Crippen LogP contribution in [0.1, 0.15) is 6.92 Å². The van der Waals surface area contributed by atoms with Crippen LogP contribution in [-0.2, 0) is 14.8 Å². The van der Waals surface area contributed by atoms with Gasteiger partial charge in [-0.15, -0.1) is 0 Å². The Balaban J connectivity index is 4.36. The Hall–Kier alpha value is -0.340. The van der Waals surface area contributed by atoms with Gasteiger partial charge in [0.05, 0.1) is 6.61 Å². The molecule has 0 spiro atoms. The zero-order chi connectivity index (χ0) is 10.7. The molecule has 13 heavy (non-hydrogen) atoms. The Labute approximate surface area is 74.1 Å². The Morgan fingerprint density at radius 1 is 1.46 bits per heavy atom. The molecular weight excluding hydrogens is 211 g/mol. The van der Waals surface area contributed by atoms with Crippen molar-refractivity contribution in [2.24, 2.45) is 0 Å². The standard InChI is InChI=1S/C5H10F3NO3S/c1-4(3-12-2)9-13(10,11)5(6,7)8/h4,9H,3H2,1-2H3. The molecule has 0 saturated heterocycles. The summed E-state index contributed by atoms with van der Waals surface area (Å²) in [4.78, 5) is 0. The lowest BCUT2D eigenvalue weighted by atomic mass is 10.4. The Morgan fingerprint density at radius 2 is 1.92 bits per heavy atom. The van der Waals surface area contributed by atoms with Gasteiger partial charge in [-0.25, -0.2) is 13.1 Å². The van der Waals surface area contributed by atoms with Crippen LogP contribution in [0.5, 0.6) is 0 Å². The van der Waals surface area contributed by atoms with Crippen molar-refractivity contribution in [3.63, 3.8) is 0 Å². The minimum Gasteiger partial charge on any atom is -0.383 e. The van der Waals surface area contributed by atoms with E-state index >= 15 is 0 Å². The van der Waals surface area contributed by atoms with Gasteiger partial charge in [-0.3, -0.25) is 0 Å². The molecular formula is C5H10F3NO3S. The molecule has 0 radical (unpaired) electrons. The molecule has 0 aliphatic carbocycles. The molecule has 0 aliphatic rings. The molecule has 0 amide bonds. The van der Waals surface area contributed by atoms with Crippen molar-refractivity contribution in [2.75, 3.05) is 13.7 Å². The van der Waals surface area contributed by atoms with Gasteiger partial charge < -0.3 is 4.74 Å². The minimum atomic E-state index is -5.27. The highest BCUT2D eigenvalue weighted by atomic mass is 32.2. The van der Waals surface area contributed by atoms with Crippen molar-refractivity contribution < 1.29 is 26.3 Å². The lowest BCUT2D eigenvalue weighted by Gasteiger charge is -2.14. The molecule has 0 bridgehead atoms. The zero-order valence-corrected chi connectivity index (χ0v) is 7.87. The largest absolute Gasteiger partial charge is 0.511 e. The third kappa shape index (κ3) is 3.92. The highest BCUT2D eigenvalue weighted by molar-refractivity contribution is 7.90. The molecule has 1 atom stereocenters. The summed E-state index contributed by atoms with van der Waals surface area (Å²) in [6, 6.07) is -0.906. The zero-order valence-electron chi connectivity index (χ0n) is 7.05. The second-order valence-electron chi connectivity index (χ2n) is 2.42. The molecule has 8 heteroatoms. The fourth-order valence-electron chi connectivity index (χ4n) is 0.616. The van der Waals surface area contributed by atoms with Crippen LogP contribution in [-0.4, -0.2) is 33.7 Å². The van der Waals surface area contributed by atoms with Crippen molar-refractivity contribution in [1.82, 2.24) is 4.72 Å². The summed E-state index contributed by atoms with van der Waals surface area (Å²) in [6.07, 6.45) is 0. The second-order valence-corrected chi connectivity index (χ2v) is 4.13. The van der Waals surface area contributed by atoms with E-state index in [9.17, 15) is 21.6 Å². The quantitative estimate of drug-likeness (QED) is 0.750. The normalized spacial score (nSPS) is 15.8. The molecule has 0 aromatic carbocycles. The number of halogens is 3. The first-order chi connectivity index (χ1) is 5.70. The minimum absolute atomic E-state index is 0.116. The molecule has 1 N–H and O–H groups in total. The van der Waals surface area contributed by atoms with Gasteiger partial charge in [-0.2, -0.15) is 13.2 Å². The maximum Gasteiger partial charge on any atom is 0.511 e. The molecule has 0 saturated carbocycles. The van der Waals surface area contributed by atoms with Crippen LogP contribution in [0.15, 0.2) is 0 Å². The van der Waals surface area contributed by atoms with E-state index in [4.69, 9.17) is 0 Å². The van der Waals surface area contributed by atoms with Crippen molar-refractivity contribution in [3.05, 3.63) is 0 Å². The number of hydrogen-bond donors (Lipinski definition) is 1. The summed E-state index contributed by atoms with van der Waals surface area (Å²) in [7, 11) is -3.99. The molecule has 4 nitrogen and oxygen atoms in total. The summed E-state index contributed by atoms with van der Waals surface area (Å²) in [5, 5.41) is 0. The predicted octanol–water partition coefficient (Wildman–Crippen LogP) is 0.461. The fraction of sp³-hybridized carbons (Fsp3) is 1.00. The maximum atomic E-state index is 11.7. The summed E-state index contributed by atoms with van der Waals surface area (Å²) in [5.41, 5.74) is -5.27. The van der Waals surface area contributed by atoms with E-state index in [2.05, 4.69) is 4.74 Å². The van der Waals surface area contributed by atoms with Gasteiger partial charge in [0.1, 0.15) is 0 Å². The Bertz CT molecular complexity index is 248. The molecule has 1 unspecified atom stereocenters. The highest BCUT2D eigenvalue weighted by Gasteiger charge is 2.46. The Morgan fingerprint density at radius 3 is 2.23 bits per heavy atom. The van der Waals surface area contributed by atoms with Crippen LogP contribution >= 0.6 is 0 Å². The van der Waals surface area contributed by atoms with Crippen LogP contribution in [0.2, 0.25) is 0 Å². The molecule has 0 heterocycles. The number of hydrogen-bond acceptors (Lipinski definition) is 3. The maximum absolute atomic E-state index is 11.7. The van der Waals surface area contributed by atoms with Crippen molar-refractivity contribution in [2.45, 2.75) is 18.5 Å². The van der Waals surface area contributed by atoms with Gasteiger partial charge >= 0.3 is 15.5 Å². The van der Waals surface area contributed by atoms with Crippen molar-refractivity contribution in [1.29, 1.82) is 0 Å². The van der Waals surface area contributed by atoms with E-state index in [0.29, 0.717) is 0 Å². The number of methoxy groups -OCH3 is 1. The SMILES string of the molecule is COCC(C)NS(=O)(=O)C(F)(F)F. The lowest BCUT2D eigenvalue weighted by molar-refractivity contribution is -0.0452. The molecule has 0 fully saturated rings.